The smallest absolute Gasteiger partial charge is 0.237 e. The molecular weight excluding hydrogens is 278 g/mol. The van der Waals surface area contributed by atoms with E-state index in [1.807, 2.05) is 31.2 Å². The van der Waals surface area contributed by atoms with E-state index in [2.05, 4.69) is 22.0 Å². The van der Waals surface area contributed by atoms with Crippen LogP contribution in [0, 0.1) is 0 Å². The molecule has 1 amide bonds. The fourth-order valence-corrected chi connectivity index (χ4v) is 2.71. The molecule has 0 saturated carbocycles. The lowest BCUT2D eigenvalue weighted by atomic mass is 10.2. The van der Waals surface area contributed by atoms with Crippen LogP contribution in [0.5, 0.6) is 5.75 Å². The van der Waals surface area contributed by atoms with Gasteiger partial charge in [0.25, 0.3) is 0 Å². The van der Waals surface area contributed by atoms with Gasteiger partial charge in [-0.05, 0) is 31.2 Å². The molecule has 0 aliphatic carbocycles. The maximum atomic E-state index is 12.3. The number of carbonyl (C=O) groups is 1. The molecule has 0 radical (unpaired) electrons. The first-order chi connectivity index (χ1) is 10.6. The van der Waals surface area contributed by atoms with Gasteiger partial charge in [-0.25, -0.2) is 0 Å². The first kappa shape index (κ1) is 16.8. The van der Waals surface area contributed by atoms with Crippen molar-refractivity contribution in [3.63, 3.8) is 0 Å². The van der Waals surface area contributed by atoms with Crippen molar-refractivity contribution >= 4 is 5.91 Å². The van der Waals surface area contributed by atoms with Gasteiger partial charge in [-0.1, -0.05) is 19.1 Å². The molecule has 2 rings (SSSR count). The minimum atomic E-state index is -0.0720. The number of piperazine rings is 1. The number of rotatable bonds is 6. The summed E-state index contributed by atoms with van der Waals surface area (Å²) in [6.45, 7) is 9.84. The summed E-state index contributed by atoms with van der Waals surface area (Å²) in [5.74, 6) is 0.929. The summed E-state index contributed by atoms with van der Waals surface area (Å²) >= 11 is 0. The van der Waals surface area contributed by atoms with Gasteiger partial charge >= 0.3 is 0 Å². The zero-order valence-corrected chi connectivity index (χ0v) is 13.8. The van der Waals surface area contributed by atoms with Crippen LogP contribution in [0.1, 0.15) is 19.4 Å². The van der Waals surface area contributed by atoms with Crippen molar-refractivity contribution < 1.29 is 9.53 Å². The Morgan fingerprint density at radius 1 is 1.23 bits per heavy atom. The zero-order valence-electron chi connectivity index (χ0n) is 13.8. The van der Waals surface area contributed by atoms with Crippen LogP contribution in [0.15, 0.2) is 24.3 Å². The fraction of sp³-hybridized carbons (Fsp3) is 0.588. The second-order valence-electron chi connectivity index (χ2n) is 5.71. The molecule has 1 aromatic carbocycles. The van der Waals surface area contributed by atoms with Gasteiger partial charge in [0.1, 0.15) is 5.75 Å². The monoisotopic (exact) mass is 305 g/mol. The zero-order chi connectivity index (χ0) is 15.9. The SMILES string of the molecule is CCN1CCN(C(C)C(=O)NCc2ccc(OC)cc2)CC1. The fourth-order valence-electron chi connectivity index (χ4n) is 2.71. The highest BCUT2D eigenvalue weighted by Crippen LogP contribution is 2.11. The summed E-state index contributed by atoms with van der Waals surface area (Å²) in [5, 5.41) is 3.02. The highest BCUT2D eigenvalue weighted by molar-refractivity contribution is 5.81. The van der Waals surface area contributed by atoms with Gasteiger partial charge in [0.2, 0.25) is 5.91 Å². The number of hydrogen-bond acceptors (Lipinski definition) is 4. The first-order valence-corrected chi connectivity index (χ1v) is 8.01. The van der Waals surface area contributed by atoms with Gasteiger partial charge in [0.05, 0.1) is 13.2 Å². The molecule has 1 aliphatic rings. The Morgan fingerprint density at radius 3 is 2.41 bits per heavy atom. The lowest BCUT2D eigenvalue weighted by molar-refractivity contribution is -0.126. The van der Waals surface area contributed by atoms with Crippen LogP contribution in [-0.2, 0) is 11.3 Å². The van der Waals surface area contributed by atoms with E-state index in [1.54, 1.807) is 7.11 Å². The minimum Gasteiger partial charge on any atom is -0.497 e. The molecule has 22 heavy (non-hydrogen) atoms. The van der Waals surface area contributed by atoms with Crippen LogP contribution < -0.4 is 10.1 Å². The maximum absolute atomic E-state index is 12.3. The summed E-state index contributed by atoms with van der Waals surface area (Å²) in [6, 6.07) is 7.70. The Balaban J connectivity index is 1.78. The second-order valence-corrected chi connectivity index (χ2v) is 5.71. The third-order valence-electron chi connectivity index (χ3n) is 4.41. The molecule has 5 nitrogen and oxygen atoms in total. The lowest BCUT2D eigenvalue weighted by Gasteiger charge is -2.36. The van der Waals surface area contributed by atoms with Crippen molar-refractivity contribution in [1.29, 1.82) is 0 Å². The Morgan fingerprint density at radius 2 is 1.86 bits per heavy atom. The molecule has 1 unspecified atom stereocenters. The van der Waals surface area contributed by atoms with Gasteiger partial charge in [-0.3, -0.25) is 9.69 Å². The van der Waals surface area contributed by atoms with E-state index in [4.69, 9.17) is 4.74 Å². The van der Waals surface area contributed by atoms with E-state index in [9.17, 15) is 4.79 Å². The van der Waals surface area contributed by atoms with Gasteiger partial charge in [0, 0.05) is 32.7 Å². The Hall–Kier alpha value is -1.59. The quantitative estimate of drug-likeness (QED) is 0.861. The molecule has 0 spiro atoms. The molecule has 1 fully saturated rings. The summed E-state index contributed by atoms with van der Waals surface area (Å²) in [4.78, 5) is 17.0. The van der Waals surface area contributed by atoms with E-state index < -0.39 is 0 Å². The van der Waals surface area contributed by atoms with Crippen molar-refractivity contribution in [2.45, 2.75) is 26.4 Å². The average Bonchev–Trinajstić information content (AvgIpc) is 2.59. The number of carbonyl (C=O) groups excluding carboxylic acids is 1. The van der Waals surface area contributed by atoms with Crippen molar-refractivity contribution in [3.8, 4) is 5.75 Å². The van der Waals surface area contributed by atoms with E-state index in [1.165, 1.54) is 0 Å². The minimum absolute atomic E-state index is 0.0720. The number of amides is 1. The predicted octanol–water partition coefficient (Wildman–Crippen LogP) is 1.34. The highest BCUT2D eigenvalue weighted by Gasteiger charge is 2.24. The Kier molecular flexibility index (Phi) is 6.21. The normalized spacial score (nSPS) is 18.0. The highest BCUT2D eigenvalue weighted by atomic mass is 16.5. The molecule has 1 N–H and O–H groups in total. The second kappa shape index (κ2) is 8.15. The van der Waals surface area contributed by atoms with E-state index in [-0.39, 0.29) is 11.9 Å². The van der Waals surface area contributed by atoms with Crippen LogP contribution in [0.25, 0.3) is 0 Å². The predicted molar refractivity (Wildman–Crippen MR) is 88.0 cm³/mol. The van der Waals surface area contributed by atoms with Crippen LogP contribution in [0.3, 0.4) is 0 Å². The molecule has 1 aliphatic heterocycles. The van der Waals surface area contributed by atoms with Crippen molar-refractivity contribution in [1.82, 2.24) is 15.1 Å². The topological polar surface area (TPSA) is 44.8 Å². The Labute approximate surface area is 133 Å². The van der Waals surface area contributed by atoms with Gasteiger partial charge in [-0.2, -0.15) is 0 Å². The van der Waals surface area contributed by atoms with Crippen LogP contribution in [0.2, 0.25) is 0 Å². The third kappa shape index (κ3) is 4.45. The van der Waals surface area contributed by atoms with Gasteiger partial charge < -0.3 is 15.0 Å². The molecule has 1 aromatic rings. The summed E-state index contributed by atoms with van der Waals surface area (Å²) in [7, 11) is 1.65. The number of nitrogens with zero attached hydrogens (tertiary/aromatic N) is 2. The number of likely N-dealkylation sites (N-methyl/N-ethyl adjacent to an activating group) is 1. The van der Waals surface area contributed by atoms with Crippen LogP contribution in [-0.4, -0.2) is 61.6 Å². The lowest BCUT2D eigenvalue weighted by Crippen LogP contribution is -2.53. The summed E-state index contributed by atoms with van der Waals surface area (Å²) in [6.07, 6.45) is 0. The van der Waals surface area contributed by atoms with Crippen molar-refractivity contribution in [3.05, 3.63) is 29.8 Å². The molecule has 0 aromatic heterocycles. The summed E-state index contributed by atoms with van der Waals surface area (Å²) < 4.78 is 5.13. The number of ether oxygens (including phenoxy) is 1. The molecule has 122 valence electrons. The number of benzene rings is 1. The summed E-state index contributed by atoms with van der Waals surface area (Å²) in [5.41, 5.74) is 1.08. The van der Waals surface area contributed by atoms with Crippen molar-refractivity contribution in [2.75, 3.05) is 39.8 Å². The first-order valence-electron chi connectivity index (χ1n) is 8.01. The number of nitrogens with one attached hydrogen (secondary N) is 1. The molecule has 1 heterocycles. The third-order valence-corrected chi connectivity index (χ3v) is 4.41. The van der Waals surface area contributed by atoms with Crippen LogP contribution >= 0.6 is 0 Å². The van der Waals surface area contributed by atoms with E-state index >= 15 is 0 Å². The molecule has 5 heteroatoms. The standard InChI is InChI=1S/C17H27N3O2/c1-4-19-9-11-20(12-10-19)14(2)17(21)18-13-15-5-7-16(22-3)8-6-15/h5-8,14H,4,9-13H2,1-3H3,(H,18,21). The maximum Gasteiger partial charge on any atom is 0.237 e. The Bertz CT molecular complexity index is 467. The van der Waals surface area contributed by atoms with Gasteiger partial charge in [-0.15, -0.1) is 0 Å². The molecule has 1 saturated heterocycles. The van der Waals surface area contributed by atoms with E-state index in [0.29, 0.717) is 6.54 Å². The molecular formula is C17H27N3O2. The average molecular weight is 305 g/mol. The largest absolute Gasteiger partial charge is 0.497 e. The number of methoxy groups -OCH3 is 1. The van der Waals surface area contributed by atoms with E-state index in [0.717, 1.165) is 44.0 Å². The molecule has 1 atom stereocenters. The van der Waals surface area contributed by atoms with Gasteiger partial charge in [0.15, 0.2) is 0 Å². The number of hydrogen-bond donors (Lipinski definition) is 1. The van der Waals surface area contributed by atoms with Crippen molar-refractivity contribution in [2.24, 2.45) is 0 Å². The molecule has 0 bridgehead atoms. The van der Waals surface area contributed by atoms with Crippen LogP contribution in [0.4, 0.5) is 0 Å².